The van der Waals surface area contributed by atoms with Gasteiger partial charge in [0.1, 0.15) is 0 Å². The summed E-state index contributed by atoms with van der Waals surface area (Å²) in [6.45, 7) is 9.63. The number of aryl methyl sites for hydroxylation is 5. The molecule has 0 unspecified atom stereocenters. The van der Waals surface area contributed by atoms with E-state index in [0.29, 0.717) is 13.0 Å². The zero-order valence-corrected chi connectivity index (χ0v) is 15.3. The molecule has 2 aromatic rings. The fourth-order valence-corrected chi connectivity index (χ4v) is 3.88. The van der Waals surface area contributed by atoms with Crippen molar-refractivity contribution in [3.8, 4) is 0 Å². The van der Waals surface area contributed by atoms with Gasteiger partial charge in [-0.2, -0.15) is 10.2 Å². The maximum absolute atomic E-state index is 12.8. The van der Waals surface area contributed by atoms with Crippen LogP contribution in [-0.4, -0.2) is 36.9 Å². The minimum Gasteiger partial charge on any atom is -0.335 e. The van der Waals surface area contributed by atoms with E-state index in [9.17, 15) is 4.79 Å². The SMILES string of the molecule is Cc1cc(C)n(CCC(=O)N2CCC[C@H]2c2c(C)nn(C)c2C)n1. The van der Waals surface area contributed by atoms with Gasteiger partial charge in [-0.25, -0.2) is 0 Å². The minimum atomic E-state index is 0.173. The molecule has 130 valence electrons. The Morgan fingerprint density at radius 1 is 1.25 bits per heavy atom. The summed E-state index contributed by atoms with van der Waals surface area (Å²) < 4.78 is 3.85. The Morgan fingerprint density at radius 3 is 2.58 bits per heavy atom. The first-order chi connectivity index (χ1) is 11.4. The molecular formula is C18H27N5O. The van der Waals surface area contributed by atoms with Crippen molar-refractivity contribution in [1.82, 2.24) is 24.5 Å². The van der Waals surface area contributed by atoms with E-state index in [4.69, 9.17) is 0 Å². The number of aromatic nitrogens is 4. The van der Waals surface area contributed by atoms with Gasteiger partial charge in [0.2, 0.25) is 5.91 Å². The summed E-state index contributed by atoms with van der Waals surface area (Å²) in [6.07, 6.45) is 2.58. The van der Waals surface area contributed by atoms with Crippen molar-refractivity contribution in [3.05, 3.63) is 34.4 Å². The van der Waals surface area contributed by atoms with E-state index in [1.54, 1.807) is 0 Å². The summed E-state index contributed by atoms with van der Waals surface area (Å²) in [6, 6.07) is 2.22. The van der Waals surface area contributed by atoms with E-state index in [1.165, 1.54) is 5.56 Å². The maximum Gasteiger partial charge on any atom is 0.224 e. The molecule has 0 spiro atoms. The van der Waals surface area contributed by atoms with Crippen LogP contribution in [0.1, 0.15) is 53.6 Å². The molecule has 24 heavy (non-hydrogen) atoms. The summed E-state index contributed by atoms with van der Waals surface area (Å²) >= 11 is 0. The number of hydrogen-bond acceptors (Lipinski definition) is 3. The number of rotatable bonds is 4. The number of nitrogens with zero attached hydrogens (tertiary/aromatic N) is 5. The molecule has 0 aromatic carbocycles. The van der Waals surface area contributed by atoms with E-state index < -0.39 is 0 Å². The standard InChI is InChI=1S/C18H27N5O/c1-12-11-13(2)23(19-12)10-8-17(24)22-9-6-7-16(22)18-14(3)20-21(5)15(18)4/h11,16H,6-10H2,1-5H3/t16-/m0/s1. The van der Waals surface area contributed by atoms with E-state index in [1.807, 2.05) is 48.1 Å². The Balaban J connectivity index is 1.73. The van der Waals surface area contributed by atoms with Crippen LogP contribution in [0.5, 0.6) is 0 Å². The number of hydrogen-bond donors (Lipinski definition) is 0. The zero-order valence-electron chi connectivity index (χ0n) is 15.3. The Bertz CT molecular complexity index is 758. The second kappa shape index (κ2) is 6.42. The molecule has 3 heterocycles. The summed E-state index contributed by atoms with van der Waals surface area (Å²) in [5.41, 5.74) is 5.54. The first-order valence-corrected chi connectivity index (χ1v) is 8.69. The van der Waals surface area contributed by atoms with Crippen LogP contribution >= 0.6 is 0 Å². The molecule has 0 N–H and O–H groups in total. The molecule has 0 saturated carbocycles. The van der Waals surface area contributed by atoms with Gasteiger partial charge in [-0.1, -0.05) is 0 Å². The lowest BCUT2D eigenvalue weighted by Gasteiger charge is -2.25. The highest BCUT2D eigenvalue weighted by Gasteiger charge is 2.33. The largest absolute Gasteiger partial charge is 0.335 e. The molecule has 1 fully saturated rings. The summed E-state index contributed by atoms with van der Waals surface area (Å²) in [5.74, 6) is 0.215. The lowest BCUT2D eigenvalue weighted by Crippen LogP contribution is -2.31. The Labute approximate surface area is 143 Å². The van der Waals surface area contributed by atoms with Crippen molar-refractivity contribution in [2.24, 2.45) is 7.05 Å². The van der Waals surface area contributed by atoms with Crippen LogP contribution in [0.15, 0.2) is 6.07 Å². The van der Waals surface area contributed by atoms with Crippen molar-refractivity contribution < 1.29 is 4.79 Å². The third-order valence-electron chi connectivity index (χ3n) is 5.11. The highest BCUT2D eigenvalue weighted by molar-refractivity contribution is 5.77. The number of amides is 1. The van der Waals surface area contributed by atoms with Gasteiger partial charge in [0.25, 0.3) is 0 Å². The quantitative estimate of drug-likeness (QED) is 0.866. The van der Waals surface area contributed by atoms with Gasteiger partial charge >= 0.3 is 0 Å². The molecule has 0 aliphatic carbocycles. The number of likely N-dealkylation sites (tertiary alicyclic amines) is 1. The van der Waals surface area contributed by atoms with Crippen molar-refractivity contribution in [3.63, 3.8) is 0 Å². The fourth-order valence-electron chi connectivity index (χ4n) is 3.88. The normalized spacial score (nSPS) is 17.7. The van der Waals surface area contributed by atoms with Crippen molar-refractivity contribution in [2.75, 3.05) is 6.54 Å². The second-order valence-corrected chi connectivity index (χ2v) is 6.85. The van der Waals surface area contributed by atoms with Gasteiger partial charge in [-0.15, -0.1) is 0 Å². The topological polar surface area (TPSA) is 56.0 Å². The van der Waals surface area contributed by atoms with Crippen LogP contribution < -0.4 is 0 Å². The predicted octanol–water partition coefficient (Wildman–Crippen LogP) is 2.60. The molecule has 1 aliphatic heterocycles. The molecule has 0 radical (unpaired) electrons. The lowest BCUT2D eigenvalue weighted by molar-refractivity contribution is -0.132. The molecule has 6 heteroatoms. The Hall–Kier alpha value is -2.11. The molecule has 6 nitrogen and oxygen atoms in total. The molecule has 2 aromatic heterocycles. The van der Waals surface area contributed by atoms with Gasteiger partial charge in [0.05, 0.1) is 17.4 Å². The molecular weight excluding hydrogens is 302 g/mol. The van der Waals surface area contributed by atoms with Crippen LogP contribution in [0, 0.1) is 27.7 Å². The first-order valence-electron chi connectivity index (χ1n) is 8.69. The monoisotopic (exact) mass is 329 g/mol. The van der Waals surface area contributed by atoms with Crippen LogP contribution in [-0.2, 0) is 18.4 Å². The smallest absolute Gasteiger partial charge is 0.224 e. The maximum atomic E-state index is 12.8. The minimum absolute atomic E-state index is 0.173. The van der Waals surface area contributed by atoms with Crippen molar-refractivity contribution >= 4 is 5.91 Å². The Morgan fingerprint density at radius 2 is 2.00 bits per heavy atom. The van der Waals surface area contributed by atoms with Crippen LogP contribution in [0.4, 0.5) is 0 Å². The summed E-state index contributed by atoms with van der Waals surface area (Å²) in [7, 11) is 1.97. The van der Waals surface area contributed by atoms with Crippen LogP contribution in [0.2, 0.25) is 0 Å². The molecule has 3 rings (SSSR count). The van der Waals surface area contributed by atoms with Crippen molar-refractivity contribution in [2.45, 2.75) is 59.5 Å². The molecule has 1 amide bonds. The average Bonchev–Trinajstić information content (AvgIpc) is 3.17. The van der Waals surface area contributed by atoms with E-state index in [0.717, 1.165) is 42.2 Å². The molecule has 0 bridgehead atoms. The third kappa shape index (κ3) is 2.97. The van der Waals surface area contributed by atoms with E-state index in [2.05, 4.69) is 17.1 Å². The summed E-state index contributed by atoms with van der Waals surface area (Å²) in [4.78, 5) is 14.9. The van der Waals surface area contributed by atoms with Crippen LogP contribution in [0.25, 0.3) is 0 Å². The van der Waals surface area contributed by atoms with Gasteiger partial charge in [-0.3, -0.25) is 14.2 Å². The van der Waals surface area contributed by atoms with Crippen molar-refractivity contribution in [1.29, 1.82) is 0 Å². The third-order valence-corrected chi connectivity index (χ3v) is 5.11. The lowest BCUT2D eigenvalue weighted by atomic mass is 10.0. The second-order valence-electron chi connectivity index (χ2n) is 6.85. The highest BCUT2D eigenvalue weighted by Crippen LogP contribution is 2.35. The van der Waals surface area contributed by atoms with Gasteiger partial charge in [0.15, 0.2) is 0 Å². The van der Waals surface area contributed by atoms with Gasteiger partial charge in [0, 0.05) is 43.5 Å². The number of carbonyl (C=O) groups excluding carboxylic acids is 1. The highest BCUT2D eigenvalue weighted by atomic mass is 16.2. The Kier molecular flexibility index (Phi) is 4.47. The number of carbonyl (C=O) groups is 1. The fraction of sp³-hybridized carbons (Fsp3) is 0.611. The molecule has 1 aliphatic rings. The molecule has 1 atom stereocenters. The van der Waals surface area contributed by atoms with Crippen LogP contribution in [0.3, 0.4) is 0 Å². The predicted molar refractivity (Wildman–Crippen MR) is 92.7 cm³/mol. The van der Waals surface area contributed by atoms with E-state index in [-0.39, 0.29) is 11.9 Å². The average molecular weight is 329 g/mol. The zero-order chi connectivity index (χ0) is 17.4. The van der Waals surface area contributed by atoms with E-state index >= 15 is 0 Å². The van der Waals surface area contributed by atoms with Gasteiger partial charge in [-0.05, 0) is 46.6 Å². The summed E-state index contributed by atoms with van der Waals surface area (Å²) in [5, 5.41) is 8.97. The van der Waals surface area contributed by atoms with Gasteiger partial charge < -0.3 is 4.90 Å². The first kappa shape index (κ1) is 16.7. The molecule has 1 saturated heterocycles.